The van der Waals surface area contributed by atoms with E-state index < -0.39 is 5.82 Å². The van der Waals surface area contributed by atoms with Gasteiger partial charge in [0.1, 0.15) is 5.75 Å². The van der Waals surface area contributed by atoms with Gasteiger partial charge in [0.25, 0.3) is 0 Å². The molecule has 7 nitrogen and oxygen atoms in total. The molecule has 4 rings (SSSR count). The Morgan fingerprint density at radius 3 is 2.41 bits per heavy atom. The molecule has 3 aromatic rings. The molecule has 1 fully saturated rings. The number of nitrogens with one attached hydrogen (secondary N) is 2. The van der Waals surface area contributed by atoms with Crippen LogP contribution in [0.2, 0.25) is 5.02 Å². The first-order valence-electron chi connectivity index (χ1n) is 10.7. The van der Waals surface area contributed by atoms with Gasteiger partial charge in [-0.2, -0.15) is 15.0 Å². The van der Waals surface area contributed by atoms with E-state index in [2.05, 4.69) is 25.6 Å². The van der Waals surface area contributed by atoms with Crippen molar-refractivity contribution in [1.82, 2.24) is 15.0 Å². The molecule has 168 valence electrons. The van der Waals surface area contributed by atoms with Crippen LogP contribution in [0.4, 0.5) is 22.0 Å². The molecule has 0 atom stereocenters. The van der Waals surface area contributed by atoms with Crippen LogP contribution in [0.1, 0.15) is 38.5 Å². The van der Waals surface area contributed by atoms with Gasteiger partial charge in [-0.3, -0.25) is 0 Å². The molecule has 0 amide bonds. The Labute approximate surface area is 191 Å². The van der Waals surface area contributed by atoms with Crippen molar-refractivity contribution in [2.45, 2.75) is 44.6 Å². The van der Waals surface area contributed by atoms with Crippen LogP contribution in [0.25, 0.3) is 0 Å². The smallest absolute Gasteiger partial charge is 0.328 e. The SMILES string of the molecule is COc1ccc(Nc2nc(NC3CCCCCC3)nc(Oc3ccccc3F)n2)cc1Cl. The predicted octanol–water partition coefficient (Wildman–Crippen LogP) is 6.34. The Morgan fingerprint density at radius 2 is 1.69 bits per heavy atom. The van der Waals surface area contributed by atoms with Gasteiger partial charge in [0.2, 0.25) is 11.9 Å². The van der Waals surface area contributed by atoms with E-state index in [0.717, 1.165) is 25.7 Å². The summed E-state index contributed by atoms with van der Waals surface area (Å²) in [5.74, 6) is 0.733. The first-order chi connectivity index (χ1) is 15.6. The third-order valence-electron chi connectivity index (χ3n) is 5.25. The van der Waals surface area contributed by atoms with Gasteiger partial charge in [0.05, 0.1) is 12.1 Å². The summed E-state index contributed by atoms with van der Waals surface area (Å²) in [7, 11) is 1.55. The van der Waals surface area contributed by atoms with Gasteiger partial charge in [0, 0.05) is 11.7 Å². The molecule has 1 saturated carbocycles. The number of nitrogens with zero attached hydrogens (tertiary/aromatic N) is 3. The van der Waals surface area contributed by atoms with Gasteiger partial charge in [-0.1, -0.05) is 49.4 Å². The number of anilines is 3. The maximum atomic E-state index is 14.1. The second-order valence-electron chi connectivity index (χ2n) is 7.60. The van der Waals surface area contributed by atoms with Crippen LogP contribution >= 0.6 is 11.6 Å². The first kappa shape index (κ1) is 22.1. The number of rotatable bonds is 7. The average molecular weight is 458 g/mol. The number of hydrogen-bond donors (Lipinski definition) is 2. The van der Waals surface area contributed by atoms with Crippen molar-refractivity contribution in [3.05, 3.63) is 53.3 Å². The van der Waals surface area contributed by atoms with Gasteiger partial charge in [0.15, 0.2) is 11.6 Å². The number of aromatic nitrogens is 3. The van der Waals surface area contributed by atoms with Crippen LogP contribution in [-0.4, -0.2) is 28.1 Å². The lowest BCUT2D eigenvalue weighted by Crippen LogP contribution is -2.20. The van der Waals surface area contributed by atoms with Crippen molar-refractivity contribution in [1.29, 1.82) is 0 Å². The van der Waals surface area contributed by atoms with Crippen molar-refractivity contribution < 1.29 is 13.9 Å². The Morgan fingerprint density at radius 1 is 0.938 bits per heavy atom. The minimum Gasteiger partial charge on any atom is -0.495 e. The van der Waals surface area contributed by atoms with E-state index in [4.69, 9.17) is 21.1 Å². The second-order valence-corrected chi connectivity index (χ2v) is 8.01. The van der Waals surface area contributed by atoms with E-state index in [1.54, 1.807) is 37.4 Å². The van der Waals surface area contributed by atoms with Crippen LogP contribution in [-0.2, 0) is 0 Å². The molecule has 0 aliphatic heterocycles. The lowest BCUT2D eigenvalue weighted by Gasteiger charge is -2.17. The zero-order valence-electron chi connectivity index (χ0n) is 17.8. The summed E-state index contributed by atoms with van der Waals surface area (Å²) in [5, 5.41) is 6.96. The number of benzene rings is 2. The molecular weight excluding hydrogens is 433 g/mol. The average Bonchev–Trinajstić information content (AvgIpc) is 3.04. The number of methoxy groups -OCH3 is 1. The highest BCUT2D eigenvalue weighted by atomic mass is 35.5. The number of ether oxygens (including phenoxy) is 2. The van der Waals surface area contributed by atoms with E-state index in [9.17, 15) is 4.39 Å². The molecule has 0 bridgehead atoms. The fraction of sp³-hybridized carbons (Fsp3) is 0.348. The van der Waals surface area contributed by atoms with Gasteiger partial charge < -0.3 is 20.1 Å². The van der Waals surface area contributed by atoms with E-state index in [1.165, 1.54) is 25.0 Å². The summed E-state index contributed by atoms with van der Waals surface area (Å²) in [4.78, 5) is 13.2. The Balaban J connectivity index is 1.61. The largest absolute Gasteiger partial charge is 0.495 e. The molecule has 2 aromatic carbocycles. The summed E-state index contributed by atoms with van der Waals surface area (Å²) in [6, 6.07) is 11.6. The van der Waals surface area contributed by atoms with Gasteiger partial charge >= 0.3 is 6.01 Å². The molecule has 0 saturated heterocycles. The predicted molar refractivity (Wildman–Crippen MR) is 123 cm³/mol. The van der Waals surface area contributed by atoms with Crippen LogP contribution < -0.4 is 20.1 Å². The Kier molecular flexibility index (Phi) is 7.21. The van der Waals surface area contributed by atoms with Crippen molar-refractivity contribution in [3.63, 3.8) is 0 Å². The summed E-state index contributed by atoms with van der Waals surface area (Å²) >= 11 is 6.23. The third-order valence-corrected chi connectivity index (χ3v) is 5.54. The van der Waals surface area contributed by atoms with E-state index in [-0.39, 0.29) is 23.8 Å². The molecule has 9 heteroatoms. The molecule has 1 aromatic heterocycles. The van der Waals surface area contributed by atoms with E-state index >= 15 is 0 Å². The summed E-state index contributed by atoms with van der Waals surface area (Å²) < 4.78 is 24.9. The molecule has 1 heterocycles. The normalized spacial score (nSPS) is 14.5. The van der Waals surface area contributed by atoms with Crippen LogP contribution in [0.3, 0.4) is 0 Å². The fourth-order valence-corrected chi connectivity index (χ4v) is 3.89. The lowest BCUT2D eigenvalue weighted by atomic mass is 10.1. The third kappa shape index (κ3) is 5.76. The summed E-state index contributed by atoms with van der Waals surface area (Å²) in [6.45, 7) is 0. The number of halogens is 2. The molecule has 2 N–H and O–H groups in total. The zero-order chi connectivity index (χ0) is 22.3. The molecule has 1 aliphatic carbocycles. The van der Waals surface area contributed by atoms with Crippen LogP contribution in [0, 0.1) is 5.82 Å². The monoisotopic (exact) mass is 457 g/mol. The summed E-state index contributed by atoms with van der Waals surface area (Å²) in [5.41, 5.74) is 0.666. The van der Waals surface area contributed by atoms with Crippen molar-refractivity contribution in [2.75, 3.05) is 17.7 Å². The summed E-state index contributed by atoms with van der Waals surface area (Å²) in [6.07, 6.45) is 6.90. The molecule has 32 heavy (non-hydrogen) atoms. The fourth-order valence-electron chi connectivity index (χ4n) is 3.63. The van der Waals surface area contributed by atoms with E-state index in [1.807, 2.05) is 0 Å². The van der Waals surface area contributed by atoms with E-state index in [0.29, 0.717) is 22.4 Å². The number of hydrogen-bond acceptors (Lipinski definition) is 7. The quantitative estimate of drug-likeness (QED) is 0.400. The second kappa shape index (κ2) is 10.5. The maximum Gasteiger partial charge on any atom is 0.328 e. The molecule has 0 spiro atoms. The lowest BCUT2D eigenvalue weighted by molar-refractivity contribution is 0.410. The van der Waals surface area contributed by atoms with Crippen molar-refractivity contribution in [2.24, 2.45) is 0 Å². The maximum absolute atomic E-state index is 14.1. The van der Waals surface area contributed by atoms with Gasteiger partial charge in [-0.25, -0.2) is 4.39 Å². The molecule has 0 radical (unpaired) electrons. The topological polar surface area (TPSA) is 81.2 Å². The highest BCUT2D eigenvalue weighted by Crippen LogP contribution is 2.29. The van der Waals surface area contributed by atoms with Crippen LogP contribution in [0.15, 0.2) is 42.5 Å². The standard InChI is InChI=1S/C23H25ClFN5O2/c1-31-19-13-12-16(14-17(19)24)27-22-28-21(26-15-8-4-2-3-5-9-15)29-23(30-22)32-20-11-7-6-10-18(20)25/h6-7,10-15H,2-5,8-9H2,1H3,(H2,26,27,28,29,30). The van der Waals surface area contributed by atoms with Crippen molar-refractivity contribution >= 4 is 29.2 Å². The van der Waals surface area contributed by atoms with Crippen molar-refractivity contribution in [3.8, 4) is 17.5 Å². The van der Waals surface area contributed by atoms with Gasteiger partial charge in [-0.05, 0) is 43.2 Å². The minimum atomic E-state index is -0.498. The Hall–Kier alpha value is -3.13. The zero-order valence-corrected chi connectivity index (χ0v) is 18.5. The highest BCUT2D eigenvalue weighted by Gasteiger charge is 2.16. The molecular formula is C23H25ClFN5O2. The first-order valence-corrected chi connectivity index (χ1v) is 11.0. The molecule has 0 unspecified atom stereocenters. The molecule has 1 aliphatic rings. The number of para-hydroxylation sites is 1. The van der Waals surface area contributed by atoms with Gasteiger partial charge in [-0.15, -0.1) is 0 Å². The Bertz CT molecular complexity index is 1060. The van der Waals surface area contributed by atoms with Crippen LogP contribution in [0.5, 0.6) is 17.5 Å². The minimum absolute atomic E-state index is 0.0108. The highest BCUT2D eigenvalue weighted by molar-refractivity contribution is 6.32.